The molecule has 8 heteroatoms. The molecule has 1 aromatic heterocycles. The molecule has 128 valence electrons. The average Bonchev–Trinajstić information content (AvgIpc) is 3.29. The summed E-state index contributed by atoms with van der Waals surface area (Å²) in [4.78, 5) is 13.1. The Morgan fingerprint density at radius 1 is 1.46 bits per heavy atom. The number of nitrogens with one attached hydrogen (secondary N) is 2. The first-order valence-corrected chi connectivity index (χ1v) is 8.29. The Balaban J connectivity index is 1.64. The lowest BCUT2D eigenvalue weighted by molar-refractivity contribution is -0.895. The molecule has 1 saturated carbocycles. The number of carbonyl (C=O) groups is 1. The second-order valence-corrected chi connectivity index (χ2v) is 6.38. The smallest absolute Gasteiger partial charge is 0.292 e. The minimum atomic E-state index is 0.0559. The zero-order valence-corrected chi connectivity index (χ0v) is 14.6. The van der Waals surface area contributed by atoms with E-state index in [1.54, 1.807) is 11.8 Å². The van der Waals surface area contributed by atoms with E-state index in [1.165, 1.54) is 0 Å². The van der Waals surface area contributed by atoms with Gasteiger partial charge in [-0.2, -0.15) is 4.68 Å². The highest BCUT2D eigenvalue weighted by atomic mass is 32.1. The molecule has 1 heterocycles. The Hall–Kier alpha value is -2.19. The number of benzene rings is 1. The summed E-state index contributed by atoms with van der Waals surface area (Å²) < 4.78 is 12.3. The van der Waals surface area contributed by atoms with Crippen molar-refractivity contribution >= 4 is 18.1 Å². The molecule has 2 aromatic rings. The number of aromatic nitrogens is 2. The number of ether oxygens (including phenoxy) is 1. The summed E-state index contributed by atoms with van der Waals surface area (Å²) in [5.74, 6) is 1.28. The van der Waals surface area contributed by atoms with Crippen molar-refractivity contribution in [1.82, 2.24) is 15.1 Å². The predicted molar refractivity (Wildman–Crippen MR) is 90.2 cm³/mol. The monoisotopic (exact) mass is 349 g/mol. The van der Waals surface area contributed by atoms with Gasteiger partial charge >= 0.3 is 0 Å². The Bertz CT molecular complexity index is 764. The van der Waals surface area contributed by atoms with Crippen LogP contribution < -0.4 is 15.0 Å². The number of likely N-dealkylation sites (N-methyl/N-ethyl adjacent to an activating group) is 1. The predicted octanol–water partition coefficient (Wildman–Crippen LogP) is 0.632. The van der Waals surface area contributed by atoms with Gasteiger partial charge in [-0.25, -0.2) is 0 Å². The molecule has 3 rings (SSSR count). The molecule has 0 aliphatic heterocycles. The van der Waals surface area contributed by atoms with Crippen LogP contribution >= 0.6 is 12.2 Å². The third-order valence-electron chi connectivity index (χ3n) is 3.77. The summed E-state index contributed by atoms with van der Waals surface area (Å²) in [5.41, 5.74) is 0.824. The van der Waals surface area contributed by atoms with E-state index in [0.29, 0.717) is 30.0 Å². The number of carbonyl (C=O) groups excluding carboxylic acids is 1. The molecule has 1 fully saturated rings. The maximum absolute atomic E-state index is 11.8. The first-order valence-electron chi connectivity index (χ1n) is 7.88. The van der Waals surface area contributed by atoms with E-state index in [9.17, 15) is 4.79 Å². The highest BCUT2D eigenvalue weighted by Crippen LogP contribution is 2.21. The zero-order valence-electron chi connectivity index (χ0n) is 13.7. The molecule has 24 heavy (non-hydrogen) atoms. The number of methoxy groups -OCH3 is 1. The van der Waals surface area contributed by atoms with Crippen LogP contribution in [-0.2, 0) is 11.5 Å². The van der Waals surface area contributed by atoms with Crippen molar-refractivity contribution in [3.63, 3.8) is 0 Å². The van der Waals surface area contributed by atoms with Crippen molar-refractivity contribution in [2.45, 2.75) is 25.6 Å². The van der Waals surface area contributed by atoms with E-state index in [4.69, 9.17) is 21.4 Å². The fraction of sp³-hybridized carbons (Fsp3) is 0.438. The first-order chi connectivity index (χ1) is 11.5. The molecule has 7 nitrogen and oxygen atoms in total. The van der Waals surface area contributed by atoms with Gasteiger partial charge in [-0.1, -0.05) is 0 Å². The molecular formula is C16H21N4O3S+. The summed E-state index contributed by atoms with van der Waals surface area (Å²) in [5, 5.41) is 7.38. The average molecular weight is 349 g/mol. The molecule has 1 aliphatic carbocycles. The number of hydrogen-bond donors (Lipinski definition) is 2. The van der Waals surface area contributed by atoms with Gasteiger partial charge < -0.3 is 19.4 Å². The largest absolute Gasteiger partial charge is 0.497 e. The number of hydrogen-bond acceptors (Lipinski definition) is 5. The maximum Gasteiger partial charge on any atom is 0.292 e. The van der Waals surface area contributed by atoms with Gasteiger partial charge in [0.1, 0.15) is 5.75 Å². The van der Waals surface area contributed by atoms with E-state index in [2.05, 4.69) is 10.4 Å². The van der Waals surface area contributed by atoms with E-state index in [0.717, 1.165) is 29.1 Å². The number of rotatable bonds is 7. The molecule has 0 bridgehead atoms. The Kier molecular flexibility index (Phi) is 4.96. The fourth-order valence-corrected chi connectivity index (χ4v) is 2.53. The lowest BCUT2D eigenvalue weighted by Crippen LogP contribution is -3.09. The Morgan fingerprint density at radius 3 is 2.79 bits per heavy atom. The molecule has 1 aliphatic rings. The highest BCUT2D eigenvalue weighted by Gasteiger charge is 2.24. The van der Waals surface area contributed by atoms with Gasteiger partial charge in [0, 0.05) is 11.6 Å². The fourth-order valence-electron chi connectivity index (χ4n) is 2.35. The Morgan fingerprint density at radius 2 is 2.17 bits per heavy atom. The molecule has 2 N–H and O–H groups in total. The number of quaternary nitrogens is 1. The van der Waals surface area contributed by atoms with Crippen LogP contribution in [0.3, 0.4) is 0 Å². The quantitative estimate of drug-likeness (QED) is 0.718. The van der Waals surface area contributed by atoms with E-state index in [1.807, 2.05) is 31.3 Å². The van der Waals surface area contributed by atoms with Crippen molar-refractivity contribution in [3.05, 3.63) is 29.1 Å². The summed E-state index contributed by atoms with van der Waals surface area (Å²) in [6.07, 6.45) is 2.18. The molecule has 1 unspecified atom stereocenters. The van der Waals surface area contributed by atoms with E-state index in [-0.39, 0.29) is 5.91 Å². The second-order valence-electron chi connectivity index (χ2n) is 6.03. The second kappa shape index (κ2) is 7.14. The molecule has 1 atom stereocenters. The van der Waals surface area contributed by atoms with Crippen LogP contribution in [0.2, 0.25) is 0 Å². The summed E-state index contributed by atoms with van der Waals surface area (Å²) in [6.45, 7) is 0.847. The van der Waals surface area contributed by atoms with E-state index < -0.39 is 0 Å². The molecule has 0 radical (unpaired) electrons. The Labute approximate surface area is 145 Å². The van der Waals surface area contributed by atoms with Crippen LogP contribution in [0, 0.1) is 4.84 Å². The zero-order chi connectivity index (χ0) is 17.1. The van der Waals surface area contributed by atoms with Gasteiger partial charge in [-0.05, 0) is 49.3 Å². The van der Waals surface area contributed by atoms with E-state index >= 15 is 0 Å². The molecule has 0 spiro atoms. The molecular weight excluding hydrogens is 328 g/mol. The van der Waals surface area contributed by atoms with Gasteiger partial charge in [0.15, 0.2) is 13.2 Å². The van der Waals surface area contributed by atoms with Crippen LogP contribution in [0.5, 0.6) is 5.75 Å². The van der Waals surface area contributed by atoms with Crippen molar-refractivity contribution in [2.24, 2.45) is 0 Å². The standard InChI is InChI=1S/C16H20N4O3S/c1-19(9-14(21)17-12-5-6-12)10-20-16(24)23-15(18-20)11-3-7-13(22-2)8-4-11/h3-4,7-8,12H,5-6,9-10H2,1-2H3,(H,17,21)/p+1. The van der Waals surface area contributed by atoms with Crippen LogP contribution in [0.1, 0.15) is 12.8 Å². The van der Waals surface area contributed by atoms with Crippen molar-refractivity contribution in [2.75, 3.05) is 20.7 Å². The molecule has 1 aromatic carbocycles. The molecule has 0 saturated heterocycles. The third-order valence-corrected chi connectivity index (χ3v) is 4.06. The van der Waals surface area contributed by atoms with Gasteiger partial charge in [0.05, 0.1) is 14.2 Å². The first kappa shape index (κ1) is 16.7. The number of nitrogens with zero attached hydrogens (tertiary/aromatic N) is 2. The van der Waals surface area contributed by atoms with Crippen LogP contribution in [-0.4, -0.2) is 42.4 Å². The van der Waals surface area contributed by atoms with Crippen LogP contribution in [0.4, 0.5) is 0 Å². The van der Waals surface area contributed by atoms with Crippen LogP contribution in [0.15, 0.2) is 28.7 Å². The topological polar surface area (TPSA) is 73.7 Å². The lowest BCUT2D eigenvalue weighted by Gasteiger charge is -2.12. The number of amides is 1. The van der Waals surface area contributed by atoms with Crippen molar-refractivity contribution in [1.29, 1.82) is 0 Å². The third kappa shape index (κ3) is 4.21. The maximum atomic E-state index is 11.8. The van der Waals surface area contributed by atoms with Gasteiger partial charge in [-0.15, -0.1) is 5.10 Å². The summed E-state index contributed by atoms with van der Waals surface area (Å²) >= 11 is 5.23. The summed E-state index contributed by atoms with van der Waals surface area (Å²) in [6, 6.07) is 7.78. The van der Waals surface area contributed by atoms with Crippen molar-refractivity contribution in [3.8, 4) is 17.2 Å². The highest BCUT2D eigenvalue weighted by molar-refractivity contribution is 7.71. The normalized spacial score (nSPS) is 15.1. The van der Waals surface area contributed by atoms with Gasteiger partial charge in [-0.3, -0.25) is 4.79 Å². The van der Waals surface area contributed by atoms with Gasteiger partial charge in [0.25, 0.3) is 10.7 Å². The minimum absolute atomic E-state index is 0.0559. The SMILES string of the molecule is COc1ccc(-c2nn(C[NH+](C)CC(=O)NC3CC3)c(=S)o2)cc1. The lowest BCUT2D eigenvalue weighted by atomic mass is 10.2. The van der Waals surface area contributed by atoms with Crippen molar-refractivity contribution < 1.29 is 18.8 Å². The van der Waals surface area contributed by atoms with Gasteiger partial charge in [0.2, 0.25) is 5.89 Å². The minimum Gasteiger partial charge on any atom is -0.497 e. The summed E-state index contributed by atoms with van der Waals surface area (Å²) in [7, 11) is 3.55. The van der Waals surface area contributed by atoms with Crippen LogP contribution in [0.25, 0.3) is 11.5 Å². The molecule has 1 amide bonds.